The third-order valence-electron chi connectivity index (χ3n) is 6.16. The molecule has 34 heavy (non-hydrogen) atoms. The van der Waals surface area contributed by atoms with E-state index in [0.717, 1.165) is 43.0 Å². The Bertz CT molecular complexity index is 1240. The highest BCUT2D eigenvalue weighted by molar-refractivity contribution is 7.99. The summed E-state index contributed by atoms with van der Waals surface area (Å²) in [6.07, 6.45) is 5.37. The number of carbonyl (C=O) groups is 2. The van der Waals surface area contributed by atoms with Gasteiger partial charge in [-0.1, -0.05) is 55.6 Å². The van der Waals surface area contributed by atoms with Crippen molar-refractivity contribution >= 4 is 40.5 Å². The smallest absolute Gasteiger partial charge is 0.256 e. The molecule has 1 aliphatic rings. The zero-order valence-electron chi connectivity index (χ0n) is 19.3. The van der Waals surface area contributed by atoms with Gasteiger partial charge in [0.05, 0.1) is 17.2 Å². The predicted molar refractivity (Wildman–Crippen MR) is 131 cm³/mol. The van der Waals surface area contributed by atoms with Crippen LogP contribution in [0.1, 0.15) is 60.2 Å². The number of hydrogen-bond donors (Lipinski definition) is 2. The lowest BCUT2D eigenvalue weighted by Gasteiger charge is -2.26. The normalized spacial score (nSPS) is 15.3. The largest absolute Gasteiger partial charge is 0.443 e. The Morgan fingerprint density at radius 2 is 1.82 bits per heavy atom. The first kappa shape index (κ1) is 23.8. The Balaban J connectivity index is 1.53. The number of aryl methyl sites for hydroxylation is 2. The molecule has 2 aromatic heterocycles. The fourth-order valence-corrected chi connectivity index (χ4v) is 4.82. The zero-order chi connectivity index (χ0) is 24.1. The fourth-order valence-electron chi connectivity index (χ4n) is 4.18. The molecule has 0 bridgehead atoms. The van der Waals surface area contributed by atoms with E-state index in [9.17, 15) is 14.9 Å². The molecule has 176 valence electrons. The standard InChI is InChI=1S/C25H27N5O3S/c1-16-17(2)33-23-20(16)21(27-22(32)18-10-6-5-7-11-18)28-24(29-23)34-14-19(31)30-25(15-26)12-8-3-4-9-13-25/h5-7,10-11H,3-4,8-9,12-14H2,1-2H3,(H,30,31)(H,27,28,29,32). The SMILES string of the molecule is Cc1oc2nc(SCC(=O)NC3(C#N)CCCCCC3)nc(NC(=O)c3ccccc3)c2c1C. The van der Waals surface area contributed by atoms with Gasteiger partial charge in [0.25, 0.3) is 5.91 Å². The van der Waals surface area contributed by atoms with Gasteiger partial charge in [-0.2, -0.15) is 10.2 Å². The number of hydrogen-bond acceptors (Lipinski definition) is 7. The number of nitrogens with zero attached hydrogens (tertiary/aromatic N) is 3. The fraction of sp³-hybridized carbons (Fsp3) is 0.400. The molecule has 1 fully saturated rings. The number of aromatic nitrogens is 2. The Labute approximate surface area is 202 Å². The van der Waals surface area contributed by atoms with Crippen LogP contribution in [0.3, 0.4) is 0 Å². The van der Waals surface area contributed by atoms with Crippen molar-refractivity contribution in [2.45, 2.75) is 63.1 Å². The van der Waals surface area contributed by atoms with Crippen LogP contribution in [0.15, 0.2) is 39.9 Å². The van der Waals surface area contributed by atoms with Crippen LogP contribution in [0.5, 0.6) is 0 Å². The van der Waals surface area contributed by atoms with Gasteiger partial charge in [-0.15, -0.1) is 0 Å². The number of amides is 2. The van der Waals surface area contributed by atoms with Gasteiger partial charge in [0.2, 0.25) is 11.6 Å². The zero-order valence-corrected chi connectivity index (χ0v) is 20.1. The highest BCUT2D eigenvalue weighted by atomic mass is 32.2. The van der Waals surface area contributed by atoms with Gasteiger partial charge in [0.1, 0.15) is 17.1 Å². The summed E-state index contributed by atoms with van der Waals surface area (Å²) >= 11 is 1.14. The number of nitrogens with one attached hydrogen (secondary N) is 2. The lowest BCUT2D eigenvalue weighted by atomic mass is 9.92. The molecule has 1 saturated carbocycles. The van der Waals surface area contributed by atoms with Gasteiger partial charge in [0, 0.05) is 11.1 Å². The van der Waals surface area contributed by atoms with Gasteiger partial charge in [-0.3, -0.25) is 9.59 Å². The van der Waals surface area contributed by atoms with E-state index in [4.69, 9.17) is 4.42 Å². The quantitative estimate of drug-likeness (QED) is 0.294. The summed E-state index contributed by atoms with van der Waals surface area (Å²) < 4.78 is 5.78. The summed E-state index contributed by atoms with van der Waals surface area (Å²) in [4.78, 5) is 34.5. The predicted octanol–water partition coefficient (Wildman–Crippen LogP) is 4.92. The molecule has 2 amide bonds. The molecular formula is C25H27N5O3S. The first-order valence-corrected chi connectivity index (χ1v) is 12.4. The Hall–Kier alpha value is -3.38. The molecule has 8 nitrogen and oxygen atoms in total. The summed E-state index contributed by atoms with van der Waals surface area (Å²) in [5.74, 6) is 0.549. The van der Waals surface area contributed by atoms with Gasteiger partial charge < -0.3 is 15.1 Å². The number of furan rings is 1. The van der Waals surface area contributed by atoms with E-state index in [0.29, 0.717) is 46.2 Å². The molecule has 1 aliphatic carbocycles. The van der Waals surface area contributed by atoms with Crippen molar-refractivity contribution in [1.82, 2.24) is 15.3 Å². The second kappa shape index (κ2) is 10.3. The van der Waals surface area contributed by atoms with Crippen molar-refractivity contribution < 1.29 is 14.0 Å². The average molecular weight is 478 g/mol. The minimum Gasteiger partial charge on any atom is -0.443 e. The van der Waals surface area contributed by atoms with Crippen molar-refractivity contribution in [3.63, 3.8) is 0 Å². The first-order chi connectivity index (χ1) is 16.4. The molecule has 9 heteroatoms. The topological polar surface area (TPSA) is 121 Å². The number of benzene rings is 1. The van der Waals surface area contributed by atoms with Crippen LogP contribution < -0.4 is 10.6 Å². The lowest BCUT2D eigenvalue weighted by molar-refractivity contribution is -0.120. The second-order valence-corrected chi connectivity index (χ2v) is 9.53. The highest BCUT2D eigenvalue weighted by Crippen LogP contribution is 2.32. The number of nitriles is 1. The number of thioether (sulfide) groups is 1. The first-order valence-electron chi connectivity index (χ1n) is 11.4. The molecule has 0 atom stereocenters. The molecule has 0 saturated heterocycles. The number of anilines is 1. The van der Waals surface area contributed by atoms with Crippen molar-refractivity contribution in [2.75, 3.05) is 11.1 Å². The van der Waals surface area contributed by atoms with Gasteiger partial charge in [-0.05, 0) is 38.8 Å². The number of carbonyl (C=O) groups excluding carboxylic acids is 2. The summed E-state index contributed by atoms with van der Waals surface area (Å²) in [5.41, 5.74) is 0.902. The molecule has 0 radical (unpaired) electrons. The molecular weight excluding hydrogens is 450 g/mol. The molecule has 2 N–H and O–H groups in total. The van der Waals surface area contributed by atoms with Crippen LogP contribution in [-0.2, 0) is 4.79 Å². The average Bonchev–Trinajstić information content (AvgIpc) is 2.99. The minimum atomic E-state index is -0.803. The molecule has 0 spiro atoms. The summed E-state index contributed by atoms with van der Waals surface area (Å²) in [6, 6.07) is 11.2. The third-order valence-corrected chi connectivity index (χ3v) is 7.01. The van der Waals surface area contributed by atoms with E-state index < -0.39 is 5.54 Å². The van der Waals surface area contributed by atoms with E-state index in [-0.39, 0.29) is 17.6 Å². The van der Waals surface area contributed by atoms with Crippen LogP contribution in [0.25, 0.3) is 11.1 Å². The highest BCUT2D eigenvalue weighted by Gasteiger charge is 2.32. The Morgan fingerprint density at radius 3 is 2.50 bits per heavy atom. The van der Waals surface area contributed by atoms with Crippen molar-refractivity contribution in [3.8, 4) is 6.07 Å². The van der Waals surface area contributed by atoms with Crippen molar-refractivity contribution in [2.24, 2.45) is 0 Å². The molecule has 1 aromatic carbocycles. The Kier molecular flexibility index (Phi) is 7.17. The van der Waals surface area contributed by atoms with E-state index in [2.05, 4.69) is 26.7 Å². The number of fused-ring (bicyclic) bond motifs is 1. The minimum absolute atomic E-state index is 0.0552. The monoisotopic (exact) mass is 477 g/mol. The van der Waals surface area contributed by atoms with Crippen LogP contribution in [0.4, 0.5) is 5.82 Å². The van der Waals surface area contributed by atoms with E-state index in [1.54, 1.807) is 24.3 Å². The van der Waals surface area contributed by atoms with E-state index in [1.165, 1.54) is 0 Å². The van der Waals surface area contributed by atoms with Gasteiger partial charge in [0.15, 0.2) is 5.16 Å². The maximum Gasteiger partial charge on any atom is 0.256 e. The summed E-state index contributed by atoms with van der Waals surface area (Å²) in [7, 11) is 0. The Morgan fingerprint density at radius 1 is 1.12 bits per heavy atom. The summed E-state index contributed by atoms with van der Waals surface area (Å²) in [6.45, 7) is 3.71. The van der Waals surface area contributed by atoms with E-state index >= 15 is 0 Å². The van der Waals surface area contributed by atoms with Crippen LogP contribution in [0, 0.1) is 25.2 Å². The van der Waals surface area contributed by atoms with Crippen LogP contribution >= 0.6 is 11.8 Å². The van der Waals surface area contributed by atoms with E-state index in [1.807, 2.05) is 19.9 Å². The summed E-state index contributed by atoms with van der Waals surface area (Å²) in [5, 5.41) is 16.5. The van der Waals surface area contributed by atoms with Crippen LogP contribution in [-0.4, -0.2) is 33.1 Å². The lowest BCUT2D eigenvalue weighted by Crippen LogP contribution is -2.47. The second-order valence-electron chi connectivity index (χ2n) is 8.58. The van der Waals surface area contributed by atoms with Gasteiger partial charge >= 0.3 is 0 Å². The molecule has 3 aromatic rings. The van der Waals surface area contributed by atoms with Gasteiger partial charge in [-0.25, -0.2) is 4.98 Å². The van der Waals surface area contributed by atoms with Crippen molar-refractivity contribution in [1.29, 1.82) is 5.26 Å². The molecule has 0 unspecified atom stereocenters. The molecule has 4 rings (SSSR count). The maximum absolute atomic E-state index is 12.8. The van der Waals surface area contributed by atoms with Crippen LogP contribution in [0.2, 0.25) is 0 Å². The maximum atomic E-state index is 12.8. The van der Waals surface area contributed by atoms with Crippen molar-refractivity contribution in [3.05, 3.63) is 47.2 Å². The number of rotatable bonds is 6. The molecule has 0 aliphatic heterocycles. The molecule has 2 heterocycles. The third kappa shape index (κ3) is 5.23.